The second-order valence-corrected chi connectivity index (χ2v) is 4.51. The lowest BCUT2D eigenvalue weighted by Gasteiger charge is -2.11. The zero-order valence-electron chi connectivity index (χ0n) is 11.3. The number of amides is 1. The van der Waals surface area contributed by atoms with Crippen LogP contribution in [0.1, 0.15) is 13.8 Å². The summed E-state index contributed by atoms with van der Waals surface area (Å²) in [6.45, 7) is 2.67. The van der Waals surface area contributed by atoms with E-state index in [1.54, 1.807) is 0 Å². The van der Waals surface area contributed by atoms with Crippen LogP contribution in [0.4, 0.5) is 18.9 Å². The summed E-state index contributed by atoms with van der Waals surface area (Å²) < 4.78 is 40.4. The molecule has 0 saturated heterocycles. The summed E-state index contributed by atoms with van der Waals surface area (Å²) in [4.78, 5) is 11.5. The zero-order valence-corrected chi connectivity index (χ0v) is 11.3. The second-order valence-electron chi connectivity index (χ2n) is 4.51. The summed E-state index contributed by atoms with van der Waals surface area (Å²) in [7, 11) is 0. The highest BCUT2D eigenvalue weighted by molar-refractivity contribution is 5.92. The summed E-state index contributed by atoms with van der Waals surface area (Å²) in [5.41, 5.74) is 0.500. The number of rotatable bonds is 6. The number of hydrogen-bond acceptors (Lipinski definition) is 3. The lowest BCUT2D eigenvalue weighted by molar-refractivity contribution is -0.153. The Bertz CT molecular complexity index is 430. The maximum Gasteiger partial charge on any atom is 0.422 e. The number of hydrogen-bond donors (Lipinski definition) is 2. The first-order valence-electron chi connectivity index (χ1n) is 6.09. The van der Waals surface area contributed by atoms with Crippen molar-refractivity contribution in [1.82, 2.24) is 5.32 Å². The van der Waals surface area contributed by atoms with E-state index in [0.717, 1.165) is 0 Å². The summed E-state index contributed by atoms with van der Waals surface area (Å²) in [5, 5.41) is 5.57. The Morgan fingerprint density at radius 1 is 1.25 bits per heavy atom. The average molecular weight is 290 g/mol. The molecule has 2 N–H and O–H groups in total. The maximum absolute atomic E-state index is 12.0. The third-order valence-electron chi connectivity index (χ3n) is 2.21. The van der Waals surface area contributed by atoms with Crippen LogP contribution in [0.3, 0.4) is 0 Å². The van der Waals surface area contributed by atoms with Gasteiger partial charge in [0.2, 0.25) is 5.91 Å². The summed E-state index contributed by atoms with van der Waals surface area (Å²) in [5.74, 6) is -0.122. The van der Waals surface area contributed by atoms with E-state index in [2.05, 4.69) is 15.4 Å². The van der Waals surface area contributed by atoms with Crippen LogP contribution >= 0.6 is 0 Å². The van der Waals surface area contributed by atoms with Gasteiger partial charge >= 0.3 is 6.18 Å². The van der Waals surface area contributed by atoms with Gasteiger partial charge in [-0.05, 0) is 24.3 Å². The van der Waals surface area contributed by atoms with Crippen molar-refractivity contribution in [2.45, 2.75) is 26.1 Å². The molecule has 1 aromatic rings. The summed E-state index contributed by atoms with van der Waals surface area (Å²) >= 11 is 0. The van der Waals surface area contributed by atoms with Crippen molar-refractivity contribution in [2.24, 2.45) is 0 Å². The number of carbonyl (C=O) groups is 1. The van der Waals surface area contributed by atoms with Gasteiger partial charge in [0.15, 0.2) is 6.61 Å². The van der Waals surface area contributed by atoms with Gasteiger partial charge in [-0.25, -0.2) is 0 Å². The third-order valence-corrected chi connectivity index (χ3v) is 2.21. The Morgan fingerprint density at radius 3 is 2.35 bits per heavy atom. The fourth-order valence-electron chi connectivity index (χ4n) is 1.30. The van der Waals surface area contributed by atoms with Gasteiger partial charge in [-0.3, -0.25) is 4.79 Å². The molecule has 0 spiro atoms. The van der Waals surface area contributed by atoms with Crippen LogP contribution in [-0.2, 0) is 4.79 Å². The fraction of sp³-hybridized carbons (Fsp3) is 0.462. The minimum atomic E-state index is -4.37. The molecule has 0 fully saturated rings. The molecule has 20 heavy (non-hydrogen) atoms. The number of nitrogens with one attached hydrogen (secondary N) is 2. The molecule has 0 aromatic heterocycles. The Morgan fingerprint density at radius 2 is 1.85 bits per heavy atom. The topological polar surface area (TPSA) is 50.4 Å². The largest absolute Gasteiger partial charge is 0.484 e. The molecule has 0 saturated carbocycles. The molecule has 0 heterocycles. The Labute approximate surface area is 115 Å². The van der Waals surface area contributed by atoms with Crippen LogP contribution in [0.15, 0.2) is 24.3 Å². The van der Waals surface area contributed by atoms with Gasteiger partial charge < -0.3 is 15.4 Å². The van der Waals surface area contributed by atoms with Crippen molar-refractivity contribution >= 4 is 11.6 Å². The molecule has 0 aliphatic rings. The molecule has 1 aromatic carbocycles. The highest BCUT2D eigenvalue weighted by Crippen LogP contribution is 2.20. The van der Waals surface area contributed by atoms with Gasteiger partial charge in [0, 0.05) is 11.7 Å². The highest BCUT2D eigenvalue weighted by Gasteiger charge is 2.28. The van der Waals surface area contributed by atoms with E-state index >= 15 is 0 Å². The standard InChI is InChI=1S/C13H17F3N2O2/c1-9(2)17-7-12(19)18-10-3-5-11(6-4-10)20-8-13(14,15)16/h3-6,9,17H,7-8H2,1-2H3,(H,18,19). The number of anilines is 1. The van der Waals surface area contributed by atoms with Gasteiger partial charge in [0.1, 0.15) is 5.75 Å². The van der Waals surface area contributed by atoms with Crippen LogP contribution in [0.5, 0.6) is 5.75 Å². The van der Waals surface area contributed by atoms with E-state index in [1.165, 1.54) is 24.3 Å². The van der Waals surface area contributed by atoms with E-state index in [9.17, 15) is 18.0 Å². The molecule has 112 valence electrons. The predicted molar refractivity (Wildman–Crippen MR) is 69.8 cm³/mol. The van der Waals surface area contributed by atoms with E-state index < -0.39 is 12.8 Å². The zero-order chi connectivity index (χ0) is 15.2. The molecule has 0 radical (unpaired) electrons. The molecular formula is C13H17F3N2O2. The van der Waals surface area contributed by atoms with Crippen LogP contribution in [-0.4, -0.2) is 31.3 Å². The minimum Gasteiger partial charge on any atom is -0.484 e. The second kappa shape index (κ2) is 7.14. The third kappa shape index (κ3) is 6.98. The smallest absolute Gasteiger partial charge is 0.422 e. The SMILES string of the molecule is CC(C)NCC(=O)Nc1ccc(OCC(F)(F)F)cc1. The van der Waals surface area contributed by atoms with Crippen LogP contribution in [0.2, 0.25) is 0 Å². The van der Waals surface area contributed by atoms with Gasteiger partial charge in [0.25, 0.3) is 0 Å². The molecule has 0 aliphatic heterocycles. The average Bonchev–Trinajstić information content (AvgIpc) is 2.34. The van der Waals surface area contributed by atoms with Crippen LogP contribution in [0, 0.1) is 0 Å². The Hall–Kier alpha value is -1.76. The Balaban J connectivity index is 2.44. The molecule has 1 rings (SSSR count). The molecular weight excluding hydrogens is 273 g/mol. The van der Waals surface area contributed by atoms with Crippen LogP contribution in [0.25, 0.3) is 0 Å². The van der Waals surface area contributed by atoms with Crippen molar-refractivity contribution in [1.29, 1.82) is 0 Å². The first-order chi connectivity index (χ1) is 9.26. The predicted octanol–water partition coefficient (Wildman–Crippen LogP) is 2.56. The molecule has 0 unspecified atom stereocenters. The van der Waals surface area contributed by atoms with Crippen molar-refractivity contribution in [3.63, 3.8) is 0 Å². The molecule has 0 atom stereocenters. The molecule has 4 nitrogen and oxygen atoms in total. The number of benzene rings is 1. The normalized spacial score (nSPS) is 11.5. The number of alkyl halides is 3. The van der Waals surface area contributed by atoms with E-state index in [1.807, 2.05) is 13.8 Å². The van der Waals surface area contributed by atoms with Crippen LogP contribution < -0.4 is 15.4 Å². The maximum atomic E-state index is 12.0. The van der Waals surface area contributed by atoms with Gasteiger partial charge in [0.05, 0.1) is 6.54 Å². The molecule has 1 amide bonds. The van der Waals surface area contributed by atoms with Gasteiger partial charge in [-0.15, -0.1) is 0 Å². The van der Waals surface area contributed by atoms with Gasteiger partial charge in [-0.2, -0.15) is 13.2 Å². The van der Waals surface area contributed by atoms with E-state index in [4.69, 9.17) is 0 Å². The van der Waals surface area contributed by atoms with Gasteiger partial charge in [-0.1, -0.05) is 13.8 Å². The van der Waals surface area contributed by atoms with Crippen molar-refractivity contribution in [2.75, 3.05) is 18.5 Å². The number of carbonyl (C=O) groups excluding carboxylic acids is 1. The molecule has 7 heteroatoms. The van der Waals surface area contributed by atoms with Crippen molar-refractivity contribution in [3.05, 3.63) is 24.3 Å². The first kappa shape index (κ1) is 16.3. The van der Waals surface area contributed by atoms with E-state index in [0.29, 0.717) is 5.69 Å². The Kier molecular flexibility index (Phi) is 5.82. The summed E-state index contributed by atoms with van der Waals surface area (Å²) in [6, 6.07) is 5.91. The van der Waals surface area contributed by atoms with E-state index in [-0.39, 0.29) is 24.2 Å². The number of ether oxygens (including phenoxy) is 1. The fourth-order valence-corrected chi connectivity index (χ4v) is 1.30. The summed E-state index contributed by atoms with van der Waals surface area (Å²) in [6.07, 6.45) is -4.37. The minimum absolute atomic E-state index is 0.0978. The lowest BCUT2D eigenvalue weighted by Crippen LogP contribution is -2.32. The van der Waals surface area contributed by atoms with Crippen molar-refractivity contribution in [3.8, 4) is 5.75 Å². The quantitative estimate of drug-likeness (QED) is 0.846. The number of halogens is 3. The first-order valence-corrected chi connectivity index (χ1v) is 6.09. The van der Waals surface area contributed by atoms with Crippen molar-refractivity contribution < 1.29 is 22.7 Å². The highest BCUT2D eigenvalue weighted by atomic mass is 19.4. The lowest BCUT2D eigenvalue weighted by atomic mass is 10.3. The molecule has 0 aliphatic carbocycles. The monoisotopic (exact) mass is 290 g/mol. The molecule has 0 bridgehead atoms.